The average Bonchev–Trinajstić information content (AvgIpc) is 3.35. The highest BCUT2D eigenvalue weighted by molar-refractivity contribution is 6.42. The van der Waals surface area contributed by atoms with E-state index in [0.717, 1.165) is 0 Å². The number of aromatic nitrogens is 4. The molecule has 4 rings (SSSR count). The van der Waals surface area contributed by atoms with Crippen molar-refractivity contribution in [2.45, 2.75) is 31.8 Å². The average molecular weight is 438 g/mol. The van der Waals surface area contributed by atoms with Crippen LogP contribution in [0.4, 0.5) is 0 Å². The van der Waals surface area contributed by atoms with Crippen LogP contribution < -0.4 is 0 Å². The van der Waals surface area contributed by atoms with Crippen LogP contribution in [0.5, 0.6) is 0 Å². The second-order valence-electron chi connectivity index (χ2n) is 6.94. The lowest BCUT2D eigenvalue weighted by molar-refractivity contribution is -0.136. The molecular weight excluding hydrogens is 421 g/mol. The molecule has 1 fully saturated rings. The molecule has 0 atom stereocenters. The van der Waals surface area contributed by atoms with E-state index in [9.17, 15) is 9.90 Å². The van der Waals surface area contributed by atoms with Gasteiger partial charge in [-0.05, 0) is 25.1 Å². The van der Waals surface area contributed by atoms with Gasteiger partial charge in [0.2, 0.25) is 11.7 Å². The van der Waals surface area contributed by atoms with Crippen molar-refractivity contribution < 1.29 is 19.1 Å². The predicted octanol–water partition coefficient (Wildman–Crippen LogP) is 2.79. The number of carbonyl (C=O) groups is 1. The number of nitrogens with zero attached hydrogens (tertiary/aromatic N) is 5. The molecule has 9 nitrogen and oxygen atoms in total. The van der Waals surface area contributed by atoms with Crippen LogP contribution in [-0.4, -0.2) is 49.5 Å². The van der Waals surface area contributed by atoms with Crippen molar-refractivity contribution in [1.82, 2.24) is 25.4 Å². The molecule has 0 spiro atoms. The smallest absolute Gasteiger partial charge is 0.259 e. The summed E-state index contributed by atoms with van der Waals surface area (Å²) in [6, 6.07) is 4.99. The van der Waals surface area contributed by atoms with E-state index in [0.29, 0.717) is 45.9 Å². The first kappa shape index (κ1) is 19.8. The second kappa shape index (κ2) is 7.74. The first-order valence-electron chi connectivity index (χ1n) is 8.93. The van der Waals surface area contributed by atoms with Crippen LogP contribution in [0.15, 0.2) is 27.4 Å². The highest BCUT2D eigenvalue weighted by atomic mass is 35.5. The molecule has 0 saturated carbocycles. The number of benzene rings is 1. The van der Waals surface area contributed by atoms with E-state index < -0.39 is 5.60 Å². The zero-order valence-corrected chi connectivity index (χ0v) is 16.9. The summed E-state index contributed by atoms with van der Waals surface area (Å²) in [5, 5.41) is 23.1. The Kier molecular flexibility index (Phi) is 5.28. The molecule has 1 aromatic carbocycles. The molecule has 11 heteroatoms. The first-order valence-corrected chi connectivity index (χ1v) is 9.69. The maximum Gasteiger partial charge on any atom is 0.259 e. The normalized spacial score (nSPS) is 16.2. The lowest BCUT2D eigenvalue weighted by Gasteiger charge is -2.35. The maximum atomic E-state index is 12.5. The summed E-state index contributed by atoms with van der Waals surface area (Å²) in [7, 11) is 0. The molecule has 29 heavy (non-hydrogen) atoms. The molecule has 3 heterocycles. The second-order valence-corrected chi connectivity index (χ2v) is 7.75. The van der Waals surface area contributed by atoms with Gasteiger partial charge in [-0.1, -0.05) is 38.7 Å². The van der Waals surface area contributed by atoms with Crippen molar-refractivity contribution in [3.05, 3.63) is 45.5 Å². The summed E-state index contributed by atoms with van der Waals surface area (Å²) in [6.45, 7) is 2.43. The van der Waals surface area contributed by atoms with Gasteiger partial charge in [-0.15, -0.1) is 0 Å². The van der Waals surface area contributed by atoms with Crippen molar-refractivity contribution in [2.24, 2.45) is 0 Å². The molecule has 1 aliphatic heterocycles. The third kappa shape index (κ3) is 3.98. The molecule has 0 bridgehead atoms. The molecule has 1 saturated heterocycles. The van der Waals surface area contributed by atoms with Gasteiger partial charge in [0, 0.05) is 31.5 Å². The van der Waals surface area contributed by atoms with Crippen molar-refractivity contribution in [2.75, 3.05) is 13.1 Å². The number of aliphatic hydroxyl groups is 1. The maximum absolute atomic E-state index is 12.5. The standard InChI is InChI=1S/C18H17Cl2N5O4/c1-10-14(23-29-22-10)9-15(26)25-6-4-18(27,5-7-25)17-21-16(24-28-17)11-2-3-12(19)13(20)8-11/h2-3,8,27H,4-7,9H2,1H3. The van der Waals surface area contributed by atoms with Crippen molar-refractivity contribution in [3.63, 3.8) is 0 Å². The fourth-order valence-electron chi connectivity index (χ4n) is 3.17. The molecular formula is C18H17Cl2N5O4. The molecule has 152 valence electrons. The summed E-state index contributed by atoms with van der Waals surface area (Å²) >= 11 is 12.0. The highest BCUT2D eigenvalue weighted by Gasteiger charge is 2.40. The number of halogens is 2. The Labute approximate surface area is 175 Å². The van der Waals surface area contributed by atoms with Gasteiger partial charge >= 0.3 is 0 Å². The van der Waals surface area contributed by atoms with Gasteiger partial charge in [0.05, 0.1) is 16.5 Å². The van der Waals surface area contributed by atoms with Gasteiger partial charge in [-0.3, -0.25) is 4.79 Å². The number of likely N-dealkylation sites (tertiary alicyclic amines) is 1. The Hall–Kier alpha value is -2.49. The molecule has 0 unspecified atom stereocenters. The molecule has 1 N–H and O–H groups in total. The summed E-state index contributed by atoms with van der Waals surface area (Å²) in [6.07, 6.45) is 0.658. The molecule has 0 radical (unpaired) electrons. The first-order chi connectivity index (χ1) is 13.9. The van der Waals surface area contributed by atoms with E-state index in [1.165, 1.54) is 0 Å². The molecule has 2 aromatic heterocycles. The van der Waals surface area contributed by atoms with Gasteiger partial charge in [0.15, 0.2) is 0 Å². The Morgan fingerprint density at radius 2 is 1.97 bits per heavy atom. The lowest BCUT2D eigenvalue weighted by atomic mass is 9.91. The molecule has 1 amide bonds. The van der Waals surface area contributed by atoms with E-state index in [2.05, 4.69) is 25.1 Å². The molecule has 0 aliphatic carbocycles. The van der Waals surface area contributed by atoms with Crippen LogP contribution in [0, 0.1) is 6.92 Å². The minimum absolute atomic E-state index is 0.104. The van der Waals surface area contributed by atoms with Crippen LogP contribution in [0.2, 0.25) is 10.0 Å². The number of aryl methyl sites for hydroxylation is 1. The predicted molar refractivity (Wildman–Crippen MR) is 102 cm³/mol. The van der Waals surface area contributed by atoms with Crippen LogP contribution in [0.25, 0.3) is 11.4 Å². The van der Waals surface area contributed by atoms with Crippen molar-refractivity contribution in [3.8, 4) is 11.4 Å². The van der Waals surface area contributed by atoms with Crippen LogP contribution in [0.1, 0.15) is 30.1 Å². The fraction of sp³-hybridized carbons (Fsp3) is 0.389. The fourth-order valence-corrected chi connectivity index (χ4v) is 3.47. The summed E-state index contributed by atoms with van der Waals surface area (Å²) < 4.78 is 9.93. The largest absolute Gasteiger partial charge is 0.380 e. The summed E-state index contributed by atoms with van der Waals surface area (Å²) in [5.41, 5.74) is 0.428. The Morgan fingerprint density at radius 1 is 1.21 bits per heavy atom. The van der Waals surface area contributed by atoms with E-state index in [1.807, 2.05) is 0 Å². The van der Waals surface area contributed by atoms with Gasteiger partial charge in [0.25, 0.3) is 5.89 Å². The monoisotopic (exact) mass is 437 g/mol. The number of piperidine rings is 1. The zero-order valence-electron chi connectivity index (χ0n) is 15.4. The number of hydrogen-bond donors (Lipinski definition) is 1. The minimum Gasteiger partial charge on any atom is -0.380 e. The topological polar surface area (TPSA) is 118 Å². The third-order valence-corrected chi connectivity index (χ3v) is 5.75. The number of rotatable bonds is 4. The number of carbonyl (C=O) groups excluding carboxylic acids is 1. The van der Waals surface area contributed by atoms with E-state index in [-0.39, 0.29) is 31.1 Å². The van der Waals surface area contributed by atoms with Gasteiger partial charge < -0.3 is 14.5 Å². The number of amides is 1. The zero-order chi connectivity index (χ0) is 20.6. The van der Waals surface area contributed by atoms with Gasteiger partial charge in [-0.25, -0.2) is 4.63 Å². The third-order valence-electron chi connectivity index (χ3n) is 5.01. The van der Waals surface area contributed by atoms with E-state index >= 15 is 0 Å². The Morgan fingerprint density at radius 3 is 2.62 bits per heavy atom. The van der Waals surface area contributed by atoms with Crippen molar-refractivity contribution >= 4 is 29.1 Å². The van der Waals surface area contributed by atoms with Crippen LogP contribution in [-0.2, 0) is 16.8 Å². The van der Waals surface area contributed by atoms with E-state index in [1.54, 1.807) is 30.0 Å². The summed E-state index contributed by atoms with van der Waals surface area (Å²) in [4.78, 5) is 18.5. The lowest BCUT2D eigenvalue weighted by Crippen LogP contribution is -2.45. The Balaban J connectivity index is 1.43. The molecule has 1 aliphatic rings. The molecule has 3 aromatic rings. The van der Waals surface area contributed by atoms with Gasteiger partial charge in [0.1, 0.15) is 17.0 Å². The van der Waals surface area contributed by atoms with Crippen molar-refractivity contribution in [1.29, 1.82) is 0 Å². The minimum atomic E-state index is -1.30. The van der Waals surface area contributed by atoms with Crippen LogP contribution >= 0.6 is 23.2 Å². The SMILES string of the molecule is Cc1nonc1CC(=O)N1CCC(O)(c2nc(-c3ccc(Cl)c(Cl)c3)no2)CC1. The quantitative estimate of drug-likeness (QED) is 0.661. The Bertz CT molecular complexity index is 1040. The van der Waals surface area contributed by atoms with E-state index in [4.69, 9.17) is 27.7 Å². The highest BCUT2D eigenvalue weighted by Crippen LogP contribution is 2.34. The summed E-state index contributed by atoms with van der Waals surface area (Å²) in [5.74, 6) is 0.314. The van der Waals surface area contributed by atoms with Gasteiger partial charge in [-0.2, -0.15) is 4.98 Å². The number of hydrogen-bond acceptors (Lipinski definition) is 8. The van der Waals surface area contributed by atoms with Crippen LogP contribution in [0.3, 0.4) is 0 Å².